The maximum absolute atomic E-state index is 12.0. The average molecular weight is 310 g/mol. The summed E-state index contributed by atoms with van der Waals surface area (Å²) in [5.41, 5.74) is 3.97. The zero-order valence-corrected chi connectivity index (χ0v) is 13.1. The average Bonchev–Trinajstić information content (AvgIpc) is 3.12. The van der Waals surface area contributed by atoms with Gasteiger partial charge in [-0.05, 0) is 36.9 Å². The number of carbonyl (C=O) groups excluding carboxylic acids is 1. The summed E-state index contributed by atoms with van der Waals surface area (Å²) < 4.78 is 0. The van der Waals surface area contributed by atoms with E-state index < -0.39 is 0 Å². The van der Waals surface area contributed by atoms with Crippen molar-refractivity contribution in [2.45, 2.75) is 30.3 Å². The van der Waals surface area contributed by atoms with Crippen LogP contribution in [0.5, 0.6) is 0 Å². The summed E-state index contributed by atoms with van der Waals surface area (Å²) >= 11 is 0. The molecule has 4 heteroatoms. The molecular weight excluding hydrogens is 288 g/mol. The van der Waals surface area contributed by atoms with E-state index in [2.05, 4.69) is 34.5 Å². The van der Waals surface area contributed by atoms with Crippen molar-refractivity contribution in [3.05, 3.63) is 41.5 Å². The second kappa shape index (κ2) is 4.68. The minimum atomic E-state index is -0.00306. The third-order valence-electron chi connectivity index (χ3n) is 6.84. The molecule has 3 aliphatic heterocycles. The van der Waals surface area contributed by atoms with Crippen molar-refractivity contribution in [3.63, 3.8) is 0 Å². The van der Waals surface area contributed by atoms with Crippen LogP contribution in [-0.4, -0.2) is 48.1 Å². The molecule has 2 saturated heterocycles. The summed E-state index contributed by atoms with van der Waals surface area (Å²) in [6.45, 7) is 2.06. The van der Waals surface area contributed by atoms with E-state index in [0.717, 1.165) is 25.9 Å². The minimum absolute atomic E-state index is 0.00306. The largest absolute Gasteiger partial charge is 0.392 e. The number of hydrogen-bond donors (Lipinski definition) is 2. The Bertz CT molecular complexity index is 700. The van der Waals surface area contributed by atoms with Gasteiger partial charge in [0.05, 0.1) is 6.61 Å². The highest BCUT2D eigenvalue weighted by Crippen LogP contribution is 2.60. The fourth-order valence-electron chi connectivity index (χ4n) is 6.01. The van der Waals surface area contributed by atoms with Gasteiger partial charge in [0.15, 0.2) is 0 Å². The predicted octanol–water partition coefficient (Wildman–Crippen LogP) is 1.56. The van der Waals surface area contributed by atoms with Crippen molar-refractivity contribution in [1.29, 1.82) is 0 Å². The number of benzene rings is 1. The normalized spacial score (nSPS) is 42.2. The number of carbonyl (C=O) groups is 1. The molecule has 1 spiro atoms. The number of aliphatic hydroxyl groups is 1. The smallest absolute Gasteiger partial charge is 0.125 e. The van der Waals surface area contributed by atoms with Crippen LogP contribution in [0.25, 0.3) is 0 Å². The third-order valence-corrected chi connectivity index (χ3v) is 6.84. The van der Waals surface area contributed by atoms with Crippen LogP contribution in [0.3, 0.4) is 0 Å². The number of rotatable bonds is 2. The van der Waals surface area contributed by atoms with Gasteiger partial charge < -0.3 is 15.2 Å². The van der Waals surface area contributed by atoms with E-state index >= 15 is 0 Å². The third kappa shape index (κ3) is 1.56. The van der Waals surface area contributed by atoms with Crippen molar-refractivity contribution in [2.24, 2.45) is 11.8 Å². The first kappa shape index (κ1) is 13.8. The molecule has 1 aromatic rings. The Morgan fingerprint density at radius 3 is 3.09 bits per heavy atom. The Morgan fingerprint density at radius 1 is 1.39 bits per heavy atom. The number of anilines is 1. The van der Waals surface area contributed by atoms with Crippen LogP contribution in [0.15, 0.2) is 35.9 Å². The van der Waals surface area contributed by atoms with Crippen LogP contribution in [0.1, 0.15) is 18.4 Å². The van der Waals surface area contributed by atoms with E-state index in [1.54, 1.807) is 0 Å². The van der Waals surface area contributed by atoms with Crippen molar-refractivity contribution in [3.8, 4) is 0 Å². The summed E-state index contributed by atoms with van der Waals surface area (Å²) in [4.78, 5) is 14.6. The van der Waals surface area contributed by atoms with Crippen LogP contribution in [-0.2, 0) is 10.2 Å². The van der Waals surface area contributed by atoms with Crippen LogP contribution in [0.4, 0.5) is 5.69 Å². The molecule has 5 atom stereocenters. The number of aliphatic hydroxyl groups excluding tert-OH is 1. The number of fused-ring (bicyclic) bond motifs is 2. The van der Waals surface area contributed by atoms with Gasteiger partial charge in [0.2, 0.25) is 0 Å². The zero-order valence-electron chi connectivity index (χ0n) is 13.1. The van der Waals surface area contributed by atoms with Crippen LogP contribution >= 0.6 is 0 Å². The van der Waals surface area contributed by atoms with E-state index in [0.29, 0.717) is 6.04 Å². The van der Waals surface area contributed by atoms with Gasteiger partial charge in [0.25, 0.3) is 0 Å². The molecule has 2 bridgehead atoms. The second-order valence-corrected chi connectivity index (χ2v) is 7.46. The van der Waals surface area contributed by atoms with Gasteiger partial charge >= 0.3 is 0 Å². The number of aldehydes is 1. The molecule has 3 heterocycles. The number of piperidine rings is 1. The fourth-order valence-corrected chi connectivity index (χ4v) is 6.01. The van der Waals surface area contributed by atoms with Gasteiger partial charge in [-0.3, -0.25) is 4.90 Å². The van der Waals surface area contributed by atoms with Gasteiger partial charge in [-0.2, -0.15) is 0 Å². The summed E-state index contributed by atoms with van der Waals surface area (Å²) in [6, 6.07) is 9.32. The molecule has 1 aliphatic carbocycles. The lowest BCUT2D eigenvalue weighted by atomic mass is 9.56. The van der Waals surface area contributed by atoms with E-state index in [1.807, 2.05) is 6.08 Å². The molecule has 0 radical (unpaired) electrons. The van der Waals surface area contributed by atoms with Crippen LogP contribution in [0.2, 0.25) is 0 Å². The summed E-state index contributed by atoms with van der Waals surface area (Å²) in [5, 5.41) is 13.1. The second-order valence-electron chi connectivity index (χ2n) is 7.46. The van der Waals surface area contributed by atoms with Crippen molar-refractivity contribution >= 4 is 12.0 Å². The van der Waals surface area contributed by atoms with Crippen molar-refractivity contribution in [1.82, 2.24) is 4.90 Å². The van der Waals surface area contributed by atoms with Crippen molar-refractivity contribution < 1.29 is 9.90 Å². The Kier molecular flexibility index (Phi) is 2.80. The van der Waals surface area contributed by atoms with Gasteiger partial charge in [0, 0.05) is 35.6 Å². The van der Waals surface area contributed by atoms with Crippen LogP contribution in [0, 0.1) is 11.8 Å². The molecule has 0 amide bonds. The Hall–Kier alpha value is -1.65. The minimum Gasteiger partial charge on any atom is -0.392 e. The summed E-state index contributed by atoms with van der Waals surface area (Å²) in [7, 11) is 0. The van der Waals surface area contributed by atoms with Gasteiger partial charge in [-0.1, -0.05) is 29.8 Å². The maximum atomic E-state index is 12.0. The highest BCUT2D eigenvalue weighted by molar-refractivity contribution is 5.70. The van der Waals surface area contributed by atoms with Gasteiger partial charge in [-0.15, -0.1) is 0 Å². The molecule has 3 fully saturated rings. The quantitative estimate of drug-likeness (QED) is 0.643. The number of nitrogens with one attached hydrogen (secondary N) is 1. The molecule has 23 heavy (non-hydrogen) atoms. The molecule has 120 valence electrons. The lowest BCUT2D eigenvalue weighted by Gasteiger charge is -2.53. The maximum Gasteiger partial charge on any atom is 0.125 e. The Morgan fingerprint density at radius 2 is 2.26 bits per heavy atom. The SMILES string of the molecule is O=CC1C2CC3N(CCC34c3ccccc3NC14)CC2=CCO. The molecule has 2 N–H and O–H groups in total. The fraction of sp³-hybridized carbons (Fsp3) is 0.526. The first-order valence-electron chi connectivity index (χ1n) is 8.65. The van der Waals surface area contributed by atoms with Gasteiger partial charge in [0.1, 0.15) is 6.29 Å². The highest BCUT2D eigenvalue weighted by atomic mass is 16.2. The monoisotopic (exact) mass is 310 g/mol. The highest BCUT2D eigenvalue weighted by Gasteiger charge is 2.65. The van der Waals surface area contributed by atoms with Gasteiger partial charge in [-0.25, -0.2) is 0 Å². The molecule has 5 rings (SSSR count). The van der Waals surface area contributed by atoms with Crippen LogP contribution < -0.4 is 5.32 Å². The summed E-state index contributed by atoms with van der Waals surface area (Å²) in [5.74, 6) is 0.274. The zero-order chi connectivity index (χ0) is 15.6. The molecule has 4 aliphatic rings. The molecule has 0 aromatic heterocycles. The van der Waals surface area contributed by atoms with E-state index in [1.165, 1.54) is 23.1 Å². The summed E-state index contributed by atoms with van der Waals surface area (Å²) in [6.07, 6.45) is 5.27. The first-order valence-corrected chi connectivity index (χ1v) is 8.65. The topological polar surface area (TPSA) is 52.6 Å². The molecular formula is C19H22N2O2. The number of hydrogen-bond acceptors (Lipinski definition) is 4. The van der Waals surface area contributed by atoms with E-state index in [-0.39, 0.29) is 29.9 Å². The first-order chi connectivity index (χ1) is 11.3. The molecule has 4 nitrogen and oxygen atoms in total. The number of para-hydroxylation sites is 1. The Balaban J connectivity index is 1.69. The number of nitrogens with zero attached hydrogens (tertiary/aromatic N) is 1. The van der Waals surface area contributed by atoms with E-state index in [9.17, 15) is 9.90 Å². The standard InChI is InChI=1S/C19H22N2O2/c22-8-5-12-10-21-7-6-19-15-3-1-2-4-16(15)20-18(19)14(11-23)13(12)9-17(19)21/h1-5,11,13-14,17-18,20,22H,6-10H2. The molecule has 1 aromatic carbocycles. The van der Waals surface area contributed by atoms with Crippen molar-refractivity contribution in [2.75, 3.05) is 25.0 Å². The lowest BCUT2D eigenvalue weighted by molar-refractivity contribution is -0.115. The lowest BCUT2D eigenvalue weighted by Crippen LogP contribution is -2.62. The predicted molar refractivity (Wildman–Crippen MR) is 88.3 cm³/mol. The Labute approximate surface area is 136 Å². The van der Waals surface area contributed by atoms with E-state index in [4.69, 9.17) is 0 Å². The molecule has 1 saturated carbocycles. The molecule has 5 unspecified atom stereocenters.